The van der Waals surface area contributed by atoms with Crippen LogP contribution >= 0.6 is 0 Å². The van der Waals surface area contributed by atoms with Crippen LogP contribution in [-0.2, 0) is 13.1 Å². The number of aromatic nitrogens is 5. The second kappa shape index (κ2) is 6.62. The van der Waals surface area contributed by atoms with Gasteiger partial charge < -0.3 is 4.57 Å². The monoisotopic (exact) mass is 375 g/mol. The van der Waals surface area contributed by atoms with Crippen molar-refractivity contribution in [3.63, 3.8) is 0 Å². The number of nitrogens with zero attached hydrogens (tertiary/aromatic N) is 5. The lowest BCUT2D eigenvalue weighted by atomic mass is 10.1. The Morgan fingerprint density at radius 1 is 1.04 bits per heavy atom. The van der Waals surface area contributed by atoms with E-state index >= 15 is 0 Å². The molecule has 0 radical (unpaired) electrons. The minimum atomic E-state index is 0.0686. The van der Waals surface area contributed by atoms with Crippen molar-refractivity contribution in [2.75, 3.05) is 0 Å². The number of hydrogen-bond acceptors (Lipinski definition) is 3. The van der Waals surface area contributed by atoms with Gasteiger partial charge in [-0.25, -0.2) is 14.8 Å². The molecule has 0 saturated heterocycles. The van der Waals surface area contributed by atoms with E-state index in [-0.39, 0.29) is 5.69 Å². The van der Waals surface area contributed by atoms with Gasteiger partial charge in [0.15, 0.2) is 5.65 Å². The Hall–Kier alpha value is -2.89. The maximum absolute atomic E-state index is 13.2. The summed E-state index contributed by atoms with van der Waals surface area (Å²) in [6.45, 7) is 5.80. The normalized spacial score (nSPS) is 14.5. The fourth-order valence-electron chi connectivity index (χ4n) is 3.98. The first-order valence-corrected chi connectivity index (χ1v) is 10.1. The number of rotatable bonds is 6. The van der Waals surface area contributed by atoms with Crippen molar-refractivity contribution in [1.29, 1.82) is 0 Å². The van der Waals surface area contributed by atoms with Gasteiger partial charge in [-0.3, -0.25) is 9.13 Å². The average molecular weight is 375 g/mol. The number of aryl methyl sites for hydroxylation is 1. The van der Waals surface area contributed by atoms with E-state index in [4.69, 9.17) is 4.98 Å². The third-order valence-corrected chi connectivity index (χ3v) is 5.61. The Morgan fingerprint density at radius 2 is 1.79 bits per heavy atom. The van der Waals surface area contributed by atoms with Crippen molar-refractivity contribution in [2.45, 2.75) is 52.2 Å². The molecule has 0 atom stereocenters. The van der Waals surface area contributed by atoms with Gasteiger partial charge in [0, 0.05) is 18.8 Å². The first kappa shape index (κ1) is 17.2. The van der Waals surface area contributed by atoms with Crippen LogP contribution in [0, 0.1) is 5.92 Å². The molecule has 0 unspecified atom stereocenters. The Bertz CT molecular complexity index is 1210. The molecule has 0 spiro atoms. The van der Waals surface area contributed by atoms with Crippen molar-refractivity contribution >= 4 is 22.2 Å². The van der Waals surface area contributed by atoms with Crippen LogP contribution in [0.4, 0.5) is 0 Å². The molecule has 6 heteroatoms. The molecule has 1 saturated carbocycles. The molecule has 4 aromatic rings. The quantitative estimate of drug-likeness (QED) is 0.512. The van der Waals surface area contributed by atoms with Gasteiger partial charge in [0.1, 0.15) is 5.82 Å². The van der Waals surface area contributed by atoms with E-state index < -0.39 is 0 Å². The van der Waals surface area contributed by atoms with Crippen LogP contribution in [0.15, 0.2) is 47.4 Å². The Kier molecular flexibility index (Phi) is 4.07. The Labute approximate surface area is 163 Å². The highest BCUT2D eigenvalue weighted by Crippen LogP contribution is 2.36. The van der Waals surface area contributed by atoms with Crippen molar-refractivity contribution in [3.8, 4) is 0 Å². The molecule has 1 aliphatic carbocycles. The fraction of sp³-hybridized carbons (Fsp3) is 0.409. The smallest absolute Gasteiger partial charge is 0.325 e. The number of fused-ring (bicyclic) bond motifs is 2. The Balaban J connectivity index is 1.64. The fourth-order valence-corrected chi connectivity index (χ4v) is 3.98. The summed E-state index contributed by atoms with van der Waals surface area (Å²) in [6.07, 6.45) is 5.01. The summed E-state index contributed by atoms with van der Waals surface area (Å²) < 4.78 is 6.08. The number of pyridine rings is 1. The average Bonchev–Trinajstić information content (AvgIpc) is 3.40. The zero-order chi connectivity index (χ0) is 19.3. The van der Waals surface area contributed by atoms with Crippen LogP contribution in [0.2, 0.25) is 0 Å². The lowest BCUT2D eigenvalue weighted by Gasteiger charge is -2.11. The summed E-state index contributed by atoms with van der Waals surface area (Å²) >= 11 is 0. The zero-order valence-electron chi connectivity index (χ0n) is 16.4. The molecule has 3 heterocycles. The molecular formula is C22H25N5O. The van der Waals surface area contributed by atoms with Gasteiger partial charge in [-0.05, 0) is 49.4 Å². The second-order valence-corrected chi connectivity index (χ2v) is 8.17. The van der Waals surface area contributed by atoms with Crippen LogP contribution in [-0.4, -0.2) is 23.7 Å². The zero-order valence-corrected chi connectivity index (χ0v) is 16.4. The molecule has 6 nitrogen and oxygen atoms in total. The second-order valence-electron chi connectivity index (χ2n) is 8.17. The minimum Gasteiger partial charge on any atom is -0.325 e. The van der Waals surface area contributed by atoms with E-state index in [2.05, 4.69) is 35.5 Å². The molecule has 28 heavy (non-hydrogen) atoms. The van der Waals surface area contributed by atoms with Gasteiger partial charge in [-0.1, -0.05) is 26.0 Å². The highest BCUT2D eigenvalue weighted by atomic mass is 16.1. The topological polar surface area (TPSA) is 57.6 Å². The van der Waals surface area contributed by atoms with Crippen molar-refractivity contribution in [1.82, 2.24) is 23.7 Å². The largest absolute Gasteiger partial charge is 0.329 e. The lowest BCUT2D eigenvalue weighted by Crippen LogP contribution is -2.25. The first-order valence-electron chi connectivity index (χ1n) is 10.1. The van der Waals surface area contributed by atoms with Gasteiger partial charge in [-0.2, -0.15) is 0 Å². The summed E-state index contributed by atoms with van der Waals surface area (Å²) in [5.74, 6) is 1.50. The van der Waals surface area contributed by atoms with Gasteiger partial charge in [0.25, 0.3) is 0 Å². The highest BCUT2D eigenvalue weighted by molar-refractivity contribution is 5.76. The molecule has 1 aromatic carbocycles. The number of imidazole rings is 2. The van der Waals surface area contributed by atoms with Gasteiger partial charge in [0.05, 0.1) is 23.1 Å². The maximum Gasteiger partial charge on any atom is 0.329 e. The SMILES string of the molecule is CC(C)CCn1c(Cn2c(=O)n(C3CC3)c3ccccc32)nc2ncccc21. The molecular weight excluding hydrogens is 350 g/mol. The molecule has 0 bridgehead atoms. The van der Waals surface area contributed by atoms with Crippen LogP contribution in [0.25, 0.3) is 22.2 Å². The van der Waals surface area contributed by atoms with Crippen molar-refractivity contribution in [3.05, 3.63) is 58.9 Å². The van der Waals surface area contributed by atoms with Gasteiger partial charge in [-0.15, -0.1) is 0 Å². The predicted octanol–water partition coefficient (Wildman–Crippen LogP) is 3.98. The summed E-state index contributed by atoms with van der Waals surface area (Å²) in [4.78, 5) is 22.5. The summed E-state index contributed by atoms with van der Waals surface area (Å²) in [5, 5.41) is 0. The number of hydrogen-bond donors (Lipinski definition) is 0. The van der Waals surface area contributed by atoms with Crippen LogP contribution < -0.4 is 5.69 Å². The molecule has 1 fully saturated rings. The molecule has 5 rings (SSSR count). The molecule has 0 aliphatic heterocycles. The van der Waals surface area contributed by atoms with Gasteiger partial charge >= 0.3 is 5.69 Å². The minimum absolute atomic E-state index is 0.0686. The van der Waals surface area contributed by atoms with Crippen molar-refractivity contribution in [2.24, 2.45) is 5.92 Å². The molecule has 144 valence electrons. The summed E-state index contributed by atoms with van der Waals surface area (Å²) in [6, 6.07) is 12.5. The summed E-state index contributed by atoms with van der Waals surface area (Å²) in [7, 11) is 0. The predicted molar refractivity (Wildman–Crippen MR) is 111 cm³/mol. The van der Waals surface area contributed by atoms with Crippen LogP contribution in [0.5, 0.6) is 0 Å². The standard InChI is InChI=1S/C22H25N5O/c1-15(2)11-13-25-19-8-5-12-23-21(19)24-20(25)14-26-17-6-3-4-7-18(17)27(22(26)28)16-9-10-16/h3-8,12,15-16H,9-11,13-14H2,1-2H3. The number of para-hydroxylation sites is 2. The molecule has 0 N–H and O–H groups in total. The molecule has 0 amide bonds. The summed E-state index contributed by atoms with van der Waals surface area (Å²) in [5.41, 5.74) is 3.87. The van der Waals surface area contributed by atoms with E-state index in [0.29, 0.717) is 18.5 Å². The van der Waals surface area contributed by atoms with E-state index in [1.807, 2.05) is 33.4 Å². The molecule has 1 aliphatic rings. The van der Waals surface area contributed by atoms with E-state index in [1.165, 1.54) is 0 Å². The maximum atomic E-state index is 13.2. The first-order chi connectivity index (χ1) is 13.6. The lowest BCUT2D eigenvalue weighted by molar-refractivity contribution is 0.506. The molecule has 3 aromatic heterocycles. The number of benzene rings is 1. The van der Waals surface area contributed by atoms with Crippen LogP contribution in [0.3, 0.4) is 0 Å². The van der Waals surface area contributed by atoms with Crippen LogP contribution in [0.1, 0.15) is 45.0 Å². The third kappa shape index (κ3) is 2.84. The Morgan fingerprint density at radius 3 is 2.54 bits per heavy atom. The van der Waals surface area contributed by atoms with E-state index in [1.54, 1.807) is 6.20 Å². The van der Waals surface area contributed by atoms with E-state index in [0.717, 1.165) is 53.8 Å². The van der Waals surface area contributed by atoms with Gasteiger partial charge in [0.2, 0.25) is 0 Å². The van der Waals surface area contributed by atoms with Crippen molar-refractivity contribution < 1.29 is 0 Å². The van der Waals surface area contributed by atoms with E-state index in [9.17, 15) is 4.79 Å². The highest BCUT2D eigenvalue weighted by Gasteiger charge is 2.29. The third-order valence-electron chi connectivity index (χ3n) is 5.61.